The van der Waals surface area contributed by atoms with E-state index in [1.807, 2.05) is 70.5 Å². The van der Waals surface area contributed by atoms with Gasteiger partial charge in [-0.15, -0.1) is 0 Å². The first-order chi connectivity index (χ1) is 14.9. The Labute approximate surface area is 184 Å². The molecule has 1 unspecified atom stereocenters. The van der Waals surface area contributed by atoms with Crippen LogP contribution in [0.25, 0.3) is 0 Å². The summed E-state index contributed by atoms with van der Waals surface area (Å²) < 4.78 is 0. The first-order valence-electron chi connectivity index (χ1n) is 11.1. The summed E-state index contributed by atoms with van der Waals surface area (Å²) in [6, 6.07) is 20.0. The van der Waals surface area contributed by atoms with E-state index in [9.17, 15) is 9.59 Å². The highest BCUT2D eigenvalue weighted by Crippen LogP contribution is 2.28. The van der Waals surface area contributed by atoms with Gasteiger partial charge in [0.1, 0.15) is 0 Å². The van der Waals surface area contributed by atoms with E-state index in [-0.39, 0.29) is 23.5 Å². The summed E-state index contributed by atoms with van der Waals surface area (Å²) in [7, 11) is 0. The summed E-state index contributed by atoms with van der Waals surface area (Å²) in [5.41, 5.74) is 2.01. The molecule has 0 spiro atoms. The Morgan fingerprint density at radius 3 is 2.19 bits per heavy atom. The van der Waals surface area contributed by atoms with Crippen LogP contribution in [0, 0.1) is 0 Å². The zero-order valence-corrected chi connectivity index (χ0v) is 18.5. The molecule has 0 radical (unpaired) electrons. The first-order valence-corrected chi connectivity index (χ1v) is 11.1. The maximum absolute atomic E-state index is 12.9. The molecule has 31 heavy (non-hydrogen) atoms. The highest BCUT2D eigenvalue weighted by Gasteiger charge is 2.44. The van der Waals surface area contributed by atoms with E-state index in [0.29, 0.717) is 32.6 Å². The van der Waals surface area contributed by atoms with Crippen LogP contribution in [-0.4, -0.2) is 70.9 Å². The molecule has 0 saturated carbocycles. The molecule has 2 aromatic carbocycles. The molecule has 6 heteroatoms. The van der Waals surface area contributed by atoms with E-state index in [0.717, 1.165) is 24.2 Å². The van der Waals surface area contributed by atoms with Gasteiger partial charge in [-0.25, -0.2) is 4.79 Å². The molecule has 2 saturated heterocycles. The average Bonchev–Trinajstić information content (AvgIpc) is 2.78. The molecule has 0 aliphatic carbocycles. The Balaban J connectivity index is 1.38. The molecule has 2 fully saturated rings. The number of hydrogen-bond donors (Lipinski definition) is 1. The minimum Gasteiger partial charge on any atom is -0.339 e. The molecule has 0 bridgehead atoms. The number of hydrogen-bond acceptors (Lipinski definition) is 3. The number of piperazine rings is 2. The maximum atomic E-state index is 12.9. The van der Waals surface area contributed by atoms with Crippen LogP contribution in [0.2, 0.25) is 0 Å². The maximum Gasteiger partial charge on any atom is 0.317 e. The summed E-state index contributed by atoms with van der Waals surface area (Å²) in [6.45, 7) is 8.48. The van der Waals surface area contributed by atoms with Crippen LogP contribution in [0.15, 0.2) is 60.7 Å². The van der Waals surface area contributed by atoms with Crippen molar-refractivity contribution in [2.75, 3.05) is 32.7 Å². The molecular formula is C25H32N4O2. The Hall–Kier alpha value is -2.86. The molecule has 2 heterocycles. The van der Waals surface area contributed by atoms with E-state index < -0.39 is 0 Å². The van der Waals surface area contributed by atoms with Crippen molar-refractivity contribution < 1.29 is 9.59 Å². The third-order valence-corrected chi connectivity index (χ3v) is 6.39. The Kier molecular flexibility index (Phi) is 6.28. The second kappa shape index (κ2) is 9.10. The van der Waals surface area contributed by atoms with Gasteiger partial charge in [0.25, 0.3) is 0 Å². The number of amides is 3. The van der Waals surface area contributed by atoms with Crippen molar-refractivity contribution in [3.8, 4) is 0 Å². The lowest BCUT2D eigenvalue weighted by atomic mass is 9.92. The molecule has 0 aromatic heterocycles. The van der Waals surface area contributed by atoms with Crippen molar-refractivity contribution in [1.82, 2.24) is 20.0 Å². The summed E-state index contributed by atoms with van der Waals surface area (Å²) >= 11 is 0. The second-order valence-corrected chi connectivity index (χ2v) is 9.19. The second-order valence-electron chi connectivity index (χ2n) is 9.19. The minimum atomic E-state index is -0.123. The van der Waals surface area contributed by atoms with Crippen LogP contribution < -0.4 is 5.32 Å². The van der Waals surface area contributed by atoms with Gasteiger partial charge in [0.15, 0.2) is 0 Å². The predicted molar refractivity (Wildman–Crippen MR) is 122 cm³/mol. The molecule has 4 rings (SSSR count). The van der Waals surface area contributed by atoms with E-state index in [2.05, 4.69) is 24.1 Å². The van der Waals surface area contributed by atoms with Crippen LogP contribution in [0.4, 0.5) is 4.79 Å². The number of carbonyl (C=O) groups excluding carboxylic acids is 2. The summed E-state index contributed by atoms with van der Waals surface area (Å²) in [6.07, 6.45) is 0.429. The molecule has 2 aliphatic heterocycles. The summed E-state index contributed by atoms with van der Waals surface area (Å²) in [4.78, 5) is 32.2. The third-order valence-electron chi connectivity index (χ3n) is 6.39. The van der Waals surface area contributed by atoms with Gasteiger partial charge < -0.3 is 15.1 Å². The lowest BCUT2D eigenvalue weighted by Gasteiger charge is -2.55. The normalized spacial score (nSPS) is 20.8. The third kappa shape index (κ3) is 5.07. The van der Waals surface area contributed by atoms with Crippen molar-refractivity contribution in [3.63, 3.8) is 0 Å². The van der Waals surface area contributed by atoms with E-state index in [1.54, 1.807) is 0 Å². The fourth-order valence-electron chi connectivity index (χ4n) is 4.83. The summed E-state index contributed by atoms with van der Waals surface area (Å²) in [5, 5.41) is 3.06. The van der Waals surface area contributed by atoms with Gasteiger partial charge in [-0.3, -0.25) is 9.69 Å². The minimum absolute atomic E-state index is 0.0377. The van der Waals surface area contributed by atoms with E-state index in [4.69, 9.17) is 0 Å². The van der Waals surface area contributed by atoms with Gasteiger partial charge in [0.05, 0.1) is 6.42 Å². The number of rotatable bonds is 4. The Morgan fingerprint density at radius 2 is 1.52 bits per heavy atom. The van der Waals surface area contributed by atoms with Crippen LogP contribution in [-0.2, 0) is 17.8 Å². The number of benzene rings is 2. The molecule has 6 nitrogen and oxygen atoms in total. The summed E-state index contributed by atoms with van der Waals surface area (Å²) in [5.74, 6) is 0.161. The van der Waals surface area contributed by atoms with Crippen LogP contribution in [0.3, 0.4) is 0 Å². The first kappa shape index (κ1) is 21.4. The molecule has 164 valence electrons. The lowest BCUT2D eigenvalue weighted by Crippen LogP contribution is -2.71. The molecule has 2 aromatic rings. The highest BCUT2D eigenvalue weighted by atomic mass is 16.2. The van der Waals surface area contributed by atoms with Crippen LogP contribution in [0.5, 0.6) is 0 Å². The Bertz CT molecular complexity index is 900. The van der Waals surface area contributed by atoms with Crippen molar-refractivity contribution in [1.29, 1.82) is 0 Å². The quantitative estimate of drug-likeness (QED) is 0.828. The predicted octanol–water partition coefficient (Wildman–Crippen LogP) is 2.75. The van der Waals surface area contributed by atoms with Gasteiger partial charge in [-0.2, -0.15) is 0 Å². The van der Waals surface area contributed by atoms with Crippen LogP contribution in [0.1, 0.15) is 25.0 Å². The molecule has 3 amide bonds. The zero-order chi connectivity index (χ0) is 21.8. The molecular weight excluding hydrogens is 388 g/mol. The van der Waals surface area contributed by atoms with Crippen molar-refractivity contribution in [2.45, 2.75) is 38.4 Å². The van der Waals surface area contributed by atoms with Gasteiger partial charge in [-0.05, 0) is 25.0 Å². The van der Waals surface area contributed by atoms with Crippen molar-refractivity contribution in [2.24, 2.45) is 0 Å². The fraction of sp³-hybridized carbons (Fsp3) is 0.440. The number of fused-ring (bicyclic) bond motifs is 1. The van der Waals surface area contributed by atoms with E-state index in [1.165, 1.54) is 0 Å². The number of carbonyl (C=O) groups is 2. The molecule has 1 atom stereocenters. The van der Waals surface area contributed by atoms with Gasteiger partial charge >= 0.3 is 6.03 Å². The number of nitrogens with zero attached hydrogens (tertiary/aromatic N) is 3. The molecule has 2 aliphatic rings. The standard InChI is InChI=1S/C25H32N4O2/c1-25(2)19-28(24(31)26-16-21-11-7-4-8-12-21)18-22-17-27(13-14-29(22)25)23(30)15-20-9-5-3-6-10-20/h3-12,22H,13-19H2,1-2H3,(H,26,31). The number of nitrogens with one attached hydrogen (secondary N) is 1. The van der Waals surface area contributed by atoms with Gasteiger partial charge in [-0.1, -0.05) is 60.7 Å². The zero-order valence-electron chi connectivity index (χ0n) is 18.5. The van der Waals surface area contributed by atoms with Crippen molar-refractivity contribution in [3.05, 3.63) is 71.8 Å². The van der Waals surface area contributed by atoms with Crippen LogP contribution >= 0.6 is 0 Å². The monoisotopic (exact) mass is 420 g/mol. The van der Waals surface area contributed by atoms with Crippen molar-refractivity contribution >= 4 is 11.9 Å². The molecule has 1 N–H and O–H groups in total. The van der Waals surface area contributed by atoms with Gasteiger partial charge in [0.2, 0.25) is 5.91 Å². The fourth-order valence-corrected chi connectivity index (χ4v) is 4.83. The SMILES string of the molecule is CC1(C)CN(C(=O)NCc2ccccc2)CC2CN(C(=O)Cc3ccccc3)CCN21. The number of urea groups is 1. The smallest absolute Gasteiger partial charge is 0.317 e. The lowest BCUT2D eigenvalue weighted by molar-refractivity contribution is -0.137. The average molecular weight is 421 g/mol. The largest absolute Gasteiger partial charge is 0.339 e. The Morgan fingerprint density at radius 1 is 0.903 bits per heavy atom. The highest BCUT2D eigenvalue weighted by molar-refractivity contribution is 5.79. The topological polar surface area (TPSA) is 55.9 Å². The van der Waals surface area contributed by atoms with E-state index >= 15 is 0 Å². The van der Waals surface area contributed by atoms with Gasteiger partial charge in [0, 0.05) is 50.8 Å².